The third-order valence-corrected chi connectivity index (χ3v) is 3.79. The maximum atomic E-state index is 11.4. The first-order chi connectivity index (χ1) is 10.2. The van der Waals surface area contributed by atoms with E-state index in [1.807, 2.05) is 36.4 Å². The highest BCUT2D eigenvalue weighted by Crippen LogP contribution is 2.29. The standard InChI is InChI=1S/C15H9BrClN3O/c16-11-6-7-13(18-8-11)20-15(17)12(9-21)14(19-20)10-4-2-1-3-5-10/h1-9H. The van der Waals surface area contributed by atoms with Gasteiger partial charge in [0.15, 0.2) is 12.1 Å². The summed E-state index contributed by atoms with van der Waals surface area (Å²) in [6, 6.07) is 13.0. The molecule has 3 aromatic rings. The minimum absolute atomic E-state index is 0.249. The molecule has 0 fully saturated rings. The third-order valence-electron chi connectivity index (χ3n) is 2.96. The highest BCUT2D eigenvalue weighted by atomic mass is 79.9. The molecule has 0 aliphatic heterocycles. The predicted octanol–water partition coefficient (Wildman–Crippen LogP) is 4.16. The Balaban J connectivity index is 2.18. The molecule has 0 unspecified atom stereocenters. The number of hydrogen-bond acceptors (Lipinski definition) is 3. The normalized spacial score (nSPS) is 10.6. The number of hydrogen-bond donors (Lipinski definition) is 0. The lowest BCUT2D eigenvalue weighted by Crippen LogP contribution is -1.99. The molecule has 0 bridgehead atoms. The lowest BCUT2D eigenvalue weighted by molar-refractivity contribution is 0.112. The Labute approximate surface area is 134 Å². The van der Waals surface area contributed by atoms with Gasteiger partial charge in [-0.15, -0.1) is 0 Å². The molecule has 0 aliphatic rings. The Morgan fingerprint density at radius 1 is 1.14 bits per heavy atom. The van der Waals surface area contributed by atoms with Gasteiger partial charge in [0.1, 0.15) is 10.8 Å². The molecule has 0 spiro atoms. The second-order valence-electron chi connectivity index (χ2n) is 4.28. The summed E-state index contributed by atoms with van der Waals surface area (Å²) < 4.78 is 2.31. The molecule has 1 aromatic carbocycles. The van der Waals surface area contributed by atoms with E-state index in [1.54, 1.807) is 12.3 Å². The zero-order valence-corrected chi connectivity index (χ0v) is 13.0. The van der Waals surface area contributed by atoms with E-state index in [-0.39, 0.29) is 5.15 Å². The smallest absolute Gasteiger partial charge is 0.155 e. The van der Waals surface area contributed by atoms with E-state index in [0.717, 1.165) is 10.0 Å². The number of pyridine rings is 1. The topological polar surface area (TPSA) is 47.8 Å². The maximum Gasteiger partial charge on any atom is 0.155 e. The fourth-order valence-electron chi connectivity index (χ4n) is 1.97. The summed E-state index contributed by atoms with van der Waals surface area (Å²) in [5.74, 6) is 0.550. The molecule has 2 aromatic heterocycles. The predicted molar refractivity (Wildman–Crippen MR) is 84.9 cm³/mol. The van der Waals surface area contributed by atoms with Crippen molar-refractivity contribution in [1.82, 2.24) is 14.8 Å². The van der Waals surface area contributed by atoms with Crippen LogP contribution in [-0.2, 0) is 0 Å². The molecule has 4 nitrogen and oxygen atoms in total. The molecular formula is C15H9BrClN3O. The van der Waals surface area contributed by atoms with Crippen LogP contribution in [0, 0.1) is 0 Å². The van der Waals surface area contributed by atoms with Crippen LogP contribution in [0.5, 0.6) is 0 Å². The van der Waals surface area contributed by atoms with Gasteiger partial charge in [0.2, 0.25) is 0 Å². The van der Waals surface area contributed by atoms with Gasteiger partial charge in [0.05, 0.1) is 5.56 Å². The zero-order chi connectivity index (χ0) is 14.8. The number of aromatic nitrogens is 3. The first-order valence-corrected chi connectivity index (χ1v) is 7.29. The molecular weight excluding hydrogens is 354 g/mol. The van der Waals surface area contributed by atoms with E-state index in [9.17, 15) is 4.79 Å². The number of benzene rings is 1. The number of halogens is 2. The van der Waals surface area contributed by atoms with Gasteiger partial charge in [0.25, 0.3) is 0 Å². The van der Waals surface area contributed by atoms with Crippen LogP contribution >= 0.6 is 27.5 Å². The van der Waals surface area contributed by atoms with Gasteiger partial charge in [0, 0.05) is 16.2 Å². The average Bonchev–Trinajstić information content (AvgIpc) is 2.86. The van der Waals surface area contributed by atoms with Crippen LogP contribution in [0.1, 0.15) is 10.4 Å². The Morgan fingerprint density at radius 3 is 2.52 bits per heavy atom. The summed E-state index contributed by atoms with van der Waals surface area (Å²) in [4.78, 5) is 15.6. The molecule has 104 valence electrons. The van der Waals surface area contributed by atoms with Crippen molar-refractivity contribution in [3.8, 4) is 17.1 Å². The van der Waals surface area contributed by atoms with Gasteiger partial charge in [-0.1, -0.05) is 41.9 Å². The van der Waals surface area contributed by atoms with Gasteiger partial charge in [-0.3, -0.25) is 4.79 Å². The minimum atomic E-state index is 0.249. The molecule has 0 aliphatic carbocycles. The fraction of sp³-hybridized carbons (Fsp3) is 0. The number of aldehydes is 1. The van der Waals surface area contributed by atoms with Gasteiger partial charge in [-0.25, -0.2) is 9.67 Å². The van der Waals surface area contributed by atoms with Crippen molar-refractivity contribution in [2.75, 3.05) is 0 Å². The number of carbonyl (C=O) groups excluding carboxylic acids is 1. The Hall–Kier alpha value is -1.98. The first-order valence-electron chi connectivity index (χ1n) is 6.12. The molecule has 0 N–H and O–H groups in total. The van der Waals surface area contributed by atoms with Gasteiger partial charge in [-0.05, 0) is 28.1 Å². The quantitative estimate of drug-likeness (QED) is 0.657. The molecule has 0 atom stereocenters. The summed E-state index contributed by atoms with van der Waals surface area (Å²) in [7, 11) is 0. The lowest BCUT2D eigenvalue weighted by atomic mass is 10.1. The molecule has 6 heteroatoms. The summed E-state index contributed by atoms with van der Waals surface area (Å²) in [6.07, 6.45) is 2.36. The number of nitrogens with zero attached hydrogens (tertiary/aromatic N) is 3. The van der Waals surface area contributed by atoms with Crippen molar-refractivity contribution < 1.29 is 4.79 Å². The van der Waals surface area contributed by atoms with Crippen LogP contribution in [0.4, 0.5) is 0 Å². The minimum Gasteiger partial charge on any atom is -0.298 e. The zero-order valence-electron chi connectivity index (χ0n) is 10.7. The summed E-state index contributed by atoms with van der Waals surface area (Å²) in [6.45, 7) is 0. The van der Waals surface area contributed by atoms with E-state index < -0.39 is 0 Å². The van der Waals surface area contributed by atoms with Crippen molar-refractivity contribution in [1.29, 1.82) is 0 Å². The van der Waals surface area contributed by atoms with Gasteiger partial charge in [-0.2, -0.15) is 5.10 Å². The molecule has 0 radical (unpaired) electrons. The Morgan fingerprint density at radius 2 is 1.90 bits per heavy atom. The molecule has 3 rings (SSSR count). The maximum absolute atomic E-state index is 11.4. The van der Waals surface area contributed by atoms with Crippen molar-refractivity contribution in [2.45, 2.75) is 0 Å². The second-order valence-corrected chi connectivity index (χ2v) is 5.56. The van der Waals surface area contributed by atoms with Gasteiger partial charge < -0.3 is 0 Å². The van der Waals surface area contributed by atoms with Crippen LogP contribution in [-0.4, -0.2) is 21.1 Å². The largest absolute Gasteiger partial charge is 0.298 e. The summed E-state index contributed by atoms with van der Waals surface area (Å²) in [5, 5.41) is 4.68. The van der Waals surface area contributed by atoms with Crippen molar-refractivity contribution in [3.63, 3.8) is 0 Å². The summed E-state index contributed by atoms with van der Waals surface area (Å²) in [5.41, 5.74) is 1.73. The molecule has 0 amide bonds. The van der Waals surface area contributed by atoms with Gasteiger partial charge >= 0.3 is 0 Å². The van der Waals surface area contributed by atoms with Crippen molar-refractivity contribution in [2.24, 2.45) is 0 Å². The van der Waals surface area contributed by atoms with E-state index in [4.69, 9.17) is 11.6 Å². The van der Waals surface area contributed by atoms with Crippen LogP contribution in [0.2, 0.25) is 5.15 Å². The Bertz CT molecular complexity index is 785. The van der Waals surface area contributed by atoms with Crippen LogP contribution in [0.3, 0.4) is 0 Å². The number of carbonyl (C=O) groups is 1. The van der Waals surface area contributed by atoms with Crippen LogP contribution in [0.15, 0.2) is 53.1 Å². The first kappa shape index (κ1) is 14.0. The van der Waals surface area contributed by atoms with Crippen molar-refractivity contribution in [3.05, 3.63) is 63.9 Å². The monoisotopic (exact) mass is 361 g/mol. The fourth-order valence-corrected chi connectivity index (χ4v) is 2.46. The SMILES string of the molecule is O=Cc1c(-c2ccccc2)nn(-c2ccc(Br)cn2)c1Cl. The number of rotatable bonds is 3. The Kier molecular flexibility index (Phi) is 3.86. The van der Waals surface area contributed by atoms with Crippen molar-refractivity contribution >= 4 is 33.8 Å². The van der Waals surface area contributed by atoms with E-state index in [1.165, 1.54) is 4.68 Å². The lowest BCUT2D eigenvalue weighted by Gasteiger charge is -2.01. The van der Waals surface area contributed by atoms with E-state index in [0.29, 0.717) is 23.4 Å². The van der Waals surface area contributed by atoms with Crippen LogP contribution in [0.25, 0.3) is 17.1 Å². The van der Waals surface area contributed by atoms with E-state index >= 15 is 0 Å². The second kappa shape index (κ2) is 5.79. The highest BCUT2D eigenvalue weighted by Gasteiger charge is 2.18. The molecule has 0 saturated carbocycles. The third kappa shape index (κ3) is 2.62. The summed E-state index contributed by atoms with van der Waals surface area (Å²) >= 11 is 9.60. The highest BCUT2D eigenvalue weighted by molar-refractivity contribution is 9.10. The molecule has 0 saturated heterocycles. The molecule has 2 heterocycles. The average molecular weight is 363 g/mol. The van der Waals surface area contributed by atoms with E-state index in [2.05, 4.69) is 26.0 Å². The molecule has 21 heavy (non-hydrogen) atoms. The van der Waals surface area contributed by atoms with Crippen LogP contribution < -0.4 is 0 Å².